The first-order chi connectivity index (χ1) is 14.2. The number of phenolic OH excluding ortho intramolecular Hbond substituents is 1. The second-order valence-electron chi connectivity index (χ2n) is 6.29. The number of nitrogen functional groups attached to an aromatic ring is 1. The largest absolute Gasteiger partial charge is 0.508 e. The molecule has 5 nitrogen and oxygen atoms in total. The van der Waals surface area contributed by atoms with Gasteiger partial charge in [-0.3, -0.25) is 0 Å². The quantitative estimate of drug-likeness (QED) is 0.404. The van der Waals surface area contributed by atoms with E-state index in [1.807, 2.05) is 24.3 Å². The third-order valence-corrected chi connectivity index (χ3v) is 4.23. The predicted molar refractivity (Wildman–Crippen MR) is 125 cm³/mol. The highest BCUT2D eigenvalue weighted by Gasteiger charge is 2.04. The number of aromatic hydroxyl groups is 1. The van der Waals surface area contributed by atoms with Gasteiger partial charge in [0.25, 0.3) is 0 Å². The number of benzene rings is 3. The molecule has 0 radical (unpaired) electrons. The van der Waals surface area contributed by atoms with Gasteiger partial charge in [-0.1, -0.05) is 61.5 Å². The molecule has 29 heavy (non-hydrogen) atoms. The summed E-state index contributed by atoms with van der Waals surface area (Å²) in [4.78, 5) is 0. The highest BCUT2D eigenvalue weighted by molar-refractivity contribution is 5.56. The number of phenols is 1. The standard InChI is InChI=1S/C16H20N2.C7H9NO.CH5N/c1-2-11-18-16-10-6-4-8-14(16)12-13-7-3-5-9-15(13)17;8-5-6-3-1-2-4-7(6)9;1-2/h3-10,18H,2,11-12,17H2,1H3;1-4,9H,5,8H2;2H2,1H3. The van der Waals surface area contributed by atoms with E-state index in [0.717, 1.165) is 30.6 Å². The fourth-order valence-electron chi connectivity index (χ4n) is 2.69. The summed E-state index contributed by atoms with van der Waals surface area (Å²) in [6, 6.07) is 23.5. The van der Waals surface area contributed by atoms with Crippen LogP contribution >= 0.6 is 0 Å². The van der Waals surface area contributed by atoms with Crippen LogP contribution in [0.15, 0.2) is 72.8 Å². The number of para-hydroxylation sites is 3. The highest BCUT2D eigenvalue weighted by Crippen LogP contribution is 2.22. The second-order valence-corrected chi connectivity index (χ2v) is 6.29. The summed E-state index contributed by atoms with van der Waals surface area (Å²) >= 11 is 0. The molecule has 0 atom stereocenters. The first kappa shape index (κ1) is 24.0. The van der Waals surface area contributed by atoms with Crippen LogP contribution in [0, 0.1) is 0 Å². The van der Waals surface area contributed by atoms with Crippen LogP contribution in [0.25, 0.3) is 0 Å². The lowest BCUT2D eigenvalue weighted by Gasteiger charge is -2.12. The number of nitrogens with two attached hydrogens (primary N) is 3. The van der Waals surface area contributed by atoms with Gasteiger partial charge in [0.05, 0.1) is 0 Å². The lowest BCUT2D eigenvalue weighted by Crippen LogP contribution is -2.04. The van der Waals surface area contributed by atoms with Crippen LogP contribution in [0.4, 0.5) is 11.4 Å². The zero-order valence-electron chi connectivity index (χ0n) is 17.4. The molecule has 0 saturated heterocycles. The van der Waals surface area contributed by atoms with Gasteiger partial charge in [0.15, 0.2) is 0 Å². The molecule has 5 heteroatoms. The lowest BCUT2D eigenvalue weighted by atomic mass is 10.0. The summed E-state index contributed by atoms with van der Waals surface area (Å²) in [5.41, 5.74) is 21.1. The molecular formula is C24H34N4O. The molecule has 0 amide bonds. The van der Waals surface area contributed by atoms with Gasteiger partial charge in [0.1, 0.15) is 5.75 Å². The van der Waals surface area contributed by atoms with Crippen molar-refractivity contribution in [2.24, 2.45) is 11.5 Å². The average molecular weight is 395 g/mol. The van der Waals surface area contributed by atoms with E-state index in [1.165, 1.54) is 23.9 Å². The van der Waals surface area contributed by atoms with Crippen LogP contribution in [-0.4, -0.2) is 18.7 Å². The number of anilines is 2. The smallest absolute Gasteiger partial charge is 0.120 e. The van der Waals surface area contributed by atoms with Crippen molar-refractivity contribution < 1.29 is 5.11 Å². The summed E-state index contributed by atoms with van der Waals surface area (Å²) in [5, 5.41) is 12.5. The summed E-state index contributed by atoms with van der Waals surface area (Å²) in [6.07, 6.45) is 2.00. The topological polar surface area (TPSA) is 110 Å². The normalized spacial score (nSPS) is 9.52. The molecule has 156 valence electrons. The van der Waals surface area contributed by atoms with Crippen molar-refractivity contribution in [1.82, 2.24) is 0 Å². The summed E-state index contributed by atoms with van der Waals surface area (Å²) in [5.74, 6) is 0.278. The summed E-state index contributed by atoms with van der Waals surface area (Å²) in [7, 11) is 1.50. The van der Waals surface area contributed by atoms with Gasteiger partial charge in [-0.25, -0.2) is 0 Å². The summed E-state index contributed by atoms with van der Waals surface area (Å²) in [6.45, 7) is 3.57. The van der Waals surface area contributed by atoms with Crippen LogP contribution in [0.5, 0.6) is 5.75 Å². The molecule has 3 aromatic carbocycles. The second kappa shape index (κ2) is 14.0. The maximum atomic E-state index is 9.03. The SMILES string of the molecule is CCCNc1ccccc1Cc1ccccc1N.CN.NCc1ccccc1O. The van der Waals surface area contributed by atoms with E-state index < -0.39 is 0 Å². The molecule has 0 bridgehead atoms. The van der Waals surface area contributed by atoms with Gasteiger partial charge in [0, 0.05) is 36.4 Å². The molecule has 0 heterocycles. The van der Waals surface area contributed by atoms with Crippen LogP contribution in [0.3, 0.4) is 0 Å². The molecule has 0 aliphatic rings. The van der Waals surface area contributed by atoms with E-state index in [0.29, 0.717) is 6.54 Å². The Hall–Kier alpha value is -3.02. The molecule has 0 saturated carbocycles. The maximum absolute atomic E-state index is 9.03. The molecule has 8 N–H and O–H groups in total. The van der Waals surface area contributed by atoms with Crippen molar-refractivity contribution in [2.45, 2.75) is 26.3 Å². The van der Waals surface area contributed by atoms with Crippen LogP contribution in [0.1, 0.15) is 30.0 Å². The highest BCUT2D eigenvalue weighted by atomic mass is 16.3. The number of nitrogens with one attached hydrogen (secondary N) is 1. The fourth-order valence-corrected chi connectivity index (χ4v) is 2.69. The van der Waals surface area contributed by atoms with Crippen molar-refractivity contribution in [1.29, 1.82) is 0 Å². The van der Waals surface area contributed by atoms with Crippen LogP contribution in [-0.2, 0) is 13.0 Å². The van der Waals surface area contributed by atoms with E-state index >= 15 is 0 Å². The Morgan fingerprint density at radius 3 is 1.90 bits per heavy atom. The monoisotopic (exact) mass is 394 g/mol. The third-order valence-electron chi connectivity index (χ3n) is 4.23. The van der Waals surface area contributed by atoms with Gasteiger partial charge < -0.3 is 27.6 Å². The minimum absolute atomic E-state index is 0.278. The van der Waals surface area contributed by atoms with E-state index in [-0.39, 0.29) is 5.75 Å². The molecular weight excluding hydrogens is 360 g/mol. The van der Waals surface area contributed by atoms with Gasteiger partial charge in [-0.2, -0.15) is 0 Å². The molecule has 0 spiro atoms. The Labute approximate surface area is 174 Å². The molecule has 0 fully saturated rings. The van der Waals surface area contributed by atoms with Gasteiger partial charge in [-0.15, -0.1) is 0 Å². The lowest BCUT2D eigenvalue weighted by molar-refractivity contribution is 0.468. The maximum Gasteiger partial charge on any atom is 0.120 e. The minimum Gasteiger partial charge on any atom is -0.508 e. The number of rotatable bonds is 6. The Balaban J connectivity index is 0.000000321. The molecule has 0 aromatic heterocycles. The Morgan fingerprint density at radius 2 is 1.34 bits per heavy atom. The van der Waals surface area contributed by atoms with Crippen LogP contribution < -0.4 is 22.5 Å². The molecule has 0 aliphatic heterocycles. The zero-order chi connectivity index (χ0) is 21.5. The van der Waals surface area contributed by atoms with Crippen LogP contribution in [0.2, 0.25) is 0 Å². The molecule has 3 rings (SSSR count). The van der Waals surface area contributed by atoms with E-state index in [4.69, 9.17) is 16.6 Å². The van der Waals surface area contributed by atoms with Crippen molar-refractivity contribution in [3.05, 3.63) is 89.5 Å². The van der Waals surface area contributed by atoms with E-state index in [1.54, 1.807) is 18.2 Å². The molecule has 3 aromatic rings. The number of hydrogen-bond acceptors (Lipinski definition) is 5. The van der Waals surface area contributed by atoms with Gasteiger partial charge in [-0.05, 0) is 42.8 Å². The zero-order valence-corrected chi connectivity index (χ0v) is 17.4. The van der Waals surface area contributed by atoms with E-state index in [9.17, 15) is 0 Å². The van der Waals surface area contributed by atoms with Gasteiger partial charge >= 0.3 is 0 Å². The Morgan fingerprint density at radius 1 is 0.793 bits per heavy atom. The molecule has 0 unspecified atom stereocenters. The number of hydrogen-bond donors (Lipinski definition) is 5. The third kappa shape index (κ3) is 8.25. The Bertz CT molecular complexity index is 836. The van der Waals surface area contributed by atoms with E-state index in [2.05, 4.69) is 48.3 Å². The first-order valence-electron chi connectivity index (χ1n) is 9.85. The van der Waals surface area contributed by atoms with Crippen molar-refractivity contribution in [3.8, 4) is 5.75 Å². The molecule has 0 aliphatic carbocycles. The van der Waals surface area contributed by atoms with Crippen molar-refractivity contribution in [3.63, 3.8) is 0 Å². The minimum atomic E-state index is 0.278. The Kier molecular flexibility index (Phi) is 11.6. The summed E-state index contributed by atoms with van der Waals surface area (Å²) < 4.78 is 0. The van der Waals surface area contributed by atoms with Crippen molar-refractivity contribution >= 4 is 11.4 Å². The van der Waals surface area contributed by atoms with Crippen molar-refractivity contribution in [2.75, 3.05) is 24.6 Å². The fraction of sp³-hybridized carbons (Fsp3) is 0.250. The first-order valence-corrected chi connectivity index (χ1v) is 9.85. The average Bonchev–Trinajstić information content (AvgIpc) is 2.77. The predicted octanol–water partition coefficient (Wildman–Crippen LogP) is 4.11. The van der Waals surface area contributed by atoms with Gasteiger partial charge in [0.2, 0.25) is 0 Å².